The zero-order valence-corrected chi connectivity index (χ0v) is 53.7. The zero-order chi connectivity index (χ0) is 59.9. The van der Waals surface area contributed by atoms with Crippen LogP contribution >= 0.6 is 0 Å². The van der Waals surface area contributed by atoms with Crippen LogP contribution in [0.4, 0.5) is 0 Å². The van der Waals surface area contributed by atoms with E-state index in [2.05, 4.69) is 179 Å². The van der Waals surface area contributed by atoms with Crippen molar-refractivity contribution in [1.82, 2.24) is 0 Å². The number of rotatable bonds is 60. The van der Waals surface area contributed by atoms with Gasteiger partial charge in [-0.25, -0.2) is 0 Å². The number of ether oxygens (including phenoxy) is 3. The fourth-order valence-corrected chi connectivity index (χ4v) is 9.01. The van der Waals surface area contributed by atoms with E-state index < -0.39 is 6.10 Å². The molecule has 1 unspecified atom stereocenters. The summed E-state index contributed by atoms with van der Waals surface area (Å²) >= 11 is 0. The van der Waals surface area contributed by atoms with Crippen LogP contribution in [0.2, 0.25) is 0 Å². The van der Waals surface area contributed by atoms with Crippen LogP contribution in [0.25, 0.3) is 0 Å². The third-order valence-electron chi connectivity index (χ3n) is 14.0. The third kappa shape index (κ3) is 67.7. The molecule has 0 saturated carbocycles. The molecule has 0 aromatic rings. The Kier molecular flexibility index (Phi) is 65.4. The van der Waals surface area contributed by atoms with E-state index in [4.69, 9.17) is 14.2 Å². The van der Waals surface area contributed by atoms with Gasteiger partial charge in [0, 0.05) is 19.3 Å². The Morgan fingerprint density at radius 3 is 0.759 bits per heavy atom. The van der Waals surface area contributed by atoms with Crippen molar-refractivity contribution < 1.29 is 28.6 Å². The van der Waals surface area contributed by atoms with Crippen LogP contribution in [0.5, 0.6) is 0 Å². The van der Waals surface area contributed by atoms with Gasteiger partial charge in [0.1, 0.15) is 13.2 Å². The van der Waals surface area contributed by atoms with Crippen molar-refractivity contribution in [3.8, 4) is 0 Å². The average molecular weight is 1150 g/mol. The van der Waals surface area contributed by atoms with Gasteiger partial charge in [-0.2, -0.15) is 0 Å². The Balaban J connectivity index is 4.45. The molecule has 0 heterocycles. The highest BCUT2D eigenvalue weighted by Crippen LogP contribution is 2.16. The van der Waals surface area contributed by atoms with Gasteiger partial charge in [-0.1, -0.05) is 301 Å². The molecule has 6 heteroatoms. The summed E-state index contributed by atoms with van der Waals surface area (Å²) in [7, 11) is 0. The lowest BCUT2D eigenvalue weighted by Gasteiger charge is -2.18. The number of carbonyl (C=O) groups excluding carboxylic acids is 3. The van der Waals surface area contributed by atoms with Crippen LogP contribution < -0.4 is 0 Å². The minimum atomic E-state index is -0.814. The minimum Gasteiger partial charge on any atom is -0.462 e. The lowest BCUT2D eigenvalue weighted by molar-refractivity contribution is -0.167. The molecule has 0 aliphatic carbocycles. The zero-order valence-electron chi connectivity index (χ0n) is 53.7. The molecule has 0 spiro atoms. The van der Waals surface area contributed by atoms with Gasteiger partial charge < -0.3 is 14.2 Å². The molecule has 6 nitrogen and oxygen atoms in total. The molecule has 0 aliphatic heterocycles. The topological polar surface area (TPSA) is 78.9 Å². The van der Waals surface area contributed by atoms with Crippen molar-refractivity contribution in [2.75, 3.05) is 13.2 Å². The van der Waals surface area contributed by atoms with Crippen LogP contribution in [-0.4, -0.2) is 37.2 Å². The smallest absolute Gasteiger partial charge is 0.306 e. The molecule has 1 atom stereocenters. The van der Waals surface area contributed by atoms with Gasteiger partial charge >= 0.3 is 17.9 Å². The van der Waals surface area contributed by atoms with Crippen LogP contribution in [0.15, 0.2) is 158 Å². The summed E-state index contributed by atoms with van der Waals surface area (Å²) in [6, 6.07) is 0. The van der Waals surface area contributed by atoms with Gasteiger partial charge in [-0.15, -0.1) is 0 Å². The van der Waals surface area contributed by atoms with Crippen molar-refractivity contribution in [2.24, 2.45) is 0 Å². The Labute approximate surface area is 511 Å². The molecule has 83 heavy (non-hydrogen) atoms. The fraction of sp³-hybridized carbons (Fsp3) is 0.623. The summed E-state index contributed by atoms with van der Waals surface area (Å²) in [4.78, 5) is 38.4. The SMILES string of the molecule is CC/C=C\C/C=C\C/C=C\C/C=C\C/C=C\C/C=C\C/C=C\CCCCCCCCCC(=O)OCC(COC(=O)CCCCCCCCCCCCCCCCC)OC(=O)CCCC/C=C\C/C=C\C/C=C\C/C=C\C/C=C\C/C=C\CC. The quantitative estimate of drug-likeness (QED) is 0.0261. The summed E-state index contributed by atoms with van der Waals surface area (Å²) in [5.41, 5.74) is 0. The van der Waals surface area contributed by atoms with Crippen LogP contribution in [-0.2, 0) is 28.6 Å². The number of allylic oxidation sites excluding steroid dienone is 26. The Hall–Kier alpha value is -4.97. The van der Waals surface area contributed by atoms with E-state index in [0.717, 1.165) is 141 Å². The lowest BCUT2D eigenvalue weighted by atomic mass is 10.0. The summed E-state index contributed by atoms with van der Waals surface area (Å²) in [6.07, 6.45) is 101. The number of esters is 3. The first kappa shape index (κ1) is 78.0. The summed E-state index contributed by atoms with van der Waals surface area (Å²) in [5.74, 6) is -0.955. The Morgan fingerprint density at radius 1 is 0.253 bits per heavy atom. The molecule has 0 N–H and O–H groups in total. The van der Waals surface area contributed by atoms with Gasteiger partial charge in [0.05, 0.1) is 0 Å². The number of carbonyl (C=O) groups is 3. The highest BCUT2D eigenvalue weighted by molar-refractivity contribution is 5.71. The molecule has 0 aromatic carbocycles. The van der Waals surface area contributed by atoms with Gasteiger partial charge in [-0.3, -0.25) is 14.4 Å². The van der Waals surface area contributed by atoms with E-state index in [-0.39, 0.29) is 37.5 Å². The van der Waals surface area contributed by atoms with E-state index >= 15 is 0 Å². The number of unbranched alkanes of at least 4 members (excludes halogenated alkanes) is 23. The molecule has 0 amide bonds. The van der Waals surface area contributed by atoms with Crippen molar-refractivity contribution in [3.05, 3.63) is 158 Å². The molecule has 0 radical (unpaired) electrons. The standard InChI is InChI=1S/C77H124O6/c1-4-7-10-13-16-19-22-25-28-30-32-34-35-36-37-38-39-40-41-43-44-46-49-52-55-58-61-64-67-70-76(79)82-73-74(72-81-75(78)69-66-63-60-57-54-51-48-27-24-21-18-15-12-9-6-3)83-77(80)71-68-65-62-59-56-53-50-47-45-42-33-31-29-26-23-20-17-14-11-8-5-2/h7-8,10-11,16-17,19-20,25-26,28-29,32-34,36-37,39-40,42-44,47,50,56,59,74H,4-6,9,12-15,18,21-24,27,30-31,35,38,41,45-46,48-49,51-55,57-58,60-73H2,1-3H3/b10-7-,11-8-,19-16-,20-17-,28-25-,29-26-,34-32-,37-36-,40-39-,42-33-,44-43-,50-47-,59-56-. The molecule has 0 rings (SSSR count). The first-order valence-electron chi connectivity index (χ1n) is 34.0. The van der Waals surface area contributed by atoms with E-state index in [0.29, 0.717) is 19.3 Å². The van der Waals surface area contributed by atoms with Gasteiger partial charge in [0.2, 0.25) is 0 Å². The van der Waals surface area contributed by atoms with E-state index in [9.17, 15) is 14.4 Å². The molecule has 0 saturated heterocycles. The van der Waals surface area contributed by atoms with Crippen molar-refractivity contribution in [2.45, 2.75) is 297 Å². The maximum absolute atomic E-state index is 12.9. The first-order valence-corrected chi connectivity index (χ1v) is 34.0. The average Bonchev–Trinajstić information content (AvgIpc) is 3.49. The second-order valence-corrected chi connectivity index (χ2v) is 22.0. The van der Waals surface area contributed by atoms with Gasteiger partial charge in [-0.05, 0) is 128 Å². The molecule has 468 valence electrons. The van der Waals surface area contributed by atoms with Gasteiger partial charge in [0.25, 0.3) is 0 Å². The van der Waals surface area contributed by atoms with Gasteiger partial charge in [0.15, 0.2) is 6.10 Å². The largest absolute Gasteiger partial charge is 0.462 e. The molecular formula is C77H124O6. The molecule has 0 fully saturated rings. The Morgan fingerprint density at radius 2 is 0.470 bits per heavy atom. The van der Waals surface area contributed by atoms with Crippen LogP contribution in [0, 0.1) is 0 Å². The predicted octanol–water partition coefficient (Wildman–Crippen LogP) is 23.7. The highest BCUT2D eigenvalue weighted by atomic mass is 16.6. The van der Waals surface area contributed by atoms with E-state index in [1.165, 1.54) is 103 Å². The second kappa shape index (κ2) is 69.5. The van der Waals surface area contributed by atoms with E-state index in [1.807, 2.05) is 0 Å². The predicted molar refractivity (Wildman–Crippen MR) is 362 cm³/mol. The second-order valence-electron chi connectivity index (χ2n) is 22.0. The molecule has 0 aliphatic rings. The van der Waals surface area contributed by atoms with E-state index in [1.54, 1.807) is 0 Å². The summed E-state index contributed by atoms with van der Waals surface area (Å²) in [6.45, 7) is 6.38. The highest BCUT2D eigenvalue weighted by Gasteiger charge is 2.19. The van der Waals surface area contributed by atoms with Crippen LogP contribution in [0.3, 0.4) is 0 Å². The Bertz CT molecular complexity index is 1840. The van der Waals surface area contributed by atoms with Crippen molar-refractivity contribution in [1.29, 1.82) is 0 Å². The molecular weight excluding hydrogens is 1020 g/mol. The van der Waals surface area contributed by atoms with Crippen molar-refractivity contribution >= 4 is 17.9 Å². The lowest BCUT2D eigenvalue weighted by Crippen LogP contribution is -2.30. The normalized spacial score (nSPS) is 13.1. The minimum absolute atomic E-state index is 0.103. The fourth-order valence-electron chi connectivity index (χ4n) is 9.01. The molecule has 0 bridgehead atoms. The number of hydrogen-bond acceptors (Lipinski definition) is 6. The van der Waals surface area contributed by atoms with Crippen molar-refractivity contribution in [3.63, 3.8) is 0 Å². The monoisotopic (exact) mass is 1140 g/mol. The summed E-state index contributed by atoms with van der Waals surface area (Å²) in [5, 5.41) is 0. The van der Waals surface area contributed by atoms with Crippen LogP contribution in [0.1, 0.15) is 290 Å². The maximum Gasteiger partial charge on any atom is 0.306 e. The molecule has 0 aromatic heterocycles. The third-order valence-corrected chi connectivity index (χ3v) is 14.0. The number of hydrogen-bond donors (Lipinski definition) is 0. The summed E-state index contributed by atoms with van der Waals surface area (Å²) < 4.78 is 16.9. The first-order chi connectivity index (χ1) is 41.0. The maximum atomic E-state index is 12.9.